The molecule has 18 heavy (non-hydrogen) atoms. The summed E-state index contributed by atoms with van der Waals surface area (Å²) in [6.07, 6.45) is 0.922. The first-order valence-corrected chi connectivity index (χ1v) is 7.95. The van der Waals surface area contributed by atoms with Crippen LogP contribution in [-0.2, 0) is 6.42 Å². The molecule has 0 N–H and O–H groups in total. The summed E-state index contributed by atoms with van der Waals surface area (Å²) in [6.45, 7) is 0. The Morgan fingerprint density at radius 2 is 1.83 bits per heavy atom. The summed E-state index contributed by atoms with van der Waals surface area (Å²) >= 11 is 5.82. The predicted octanol–water partition coefficient (Wildman–Crippen LogP) is 5.15. The van der Waals surface area contributed by atoms with Crippen molar-refractivity contribution >= 4 is 38.5 Å². The van der Waals surface area contributed by atoms with Crippen molar-refractivity contribution < 1.29 is 4.39 Å². The third-order valence-corrected chi connectivity index (χ3v) is 4.40. The van der Waals surface area contributed by atoms with Gasteiger partial charge < -0.3 is 0 Å². The van der Waals surface area contributed by atoms with Gasteiger partial charge in [0.05, 0.1) is 0 Å². The summed E-state index contributed by atoms with van der Waals surface area (Å²) in [7, 11) is 0. The van der Waals surface area contributed by atoms with E-state index in [1.54, 1.807) is 12.1 Å². The average molecular weight is 419 g/mol. The van der Waals surface area contributed by atoms with Gasteiger partial charge in [-0.1, -0.05) is 40.2 Å². The van der Waals surface area contributed by atoms with Crippen LogP contribution in [0.25, 0.3) is 0 Å². The van der Waals surface area contributed by atoms with Crippen molar-refractivity contribution in [1.29, 1.82) is 0 Å². The Labute approximate surface area is 129 Å². The average Bonchev–Trinajstić information content (AvgIpc) is 2.38. The summed E-state index contributed by atoms with van der Waals surface area (Å²) in [4.78, 5) is 0. The van der Waals surface area contributed by atoms with Crippen LogP contribution in [-0.4, -0.2) is 5.33 Å². The van der Waals surface area contributed by atoms with Crippen LogP contribution in [0.4, 0.5) is 4.39 Å². The van der Waals surface area contributed by atoms with Gasteiger partial charge in [-0.05, 0) is 70.3 Å². The molecule has 0 saturated heterocycles. The fourth-order valence-electron chi connectivity index (χ4n) is 1.93. The van der Waals surface area contributed by atoms with Crippen LogP contribution in [0, 0.1) is 9.39 Å². The van der Waals surface area contributed by atoms with E-state index in [9.17, 15) is 4.39 Å². The molecule has 0 nitrogen and oxygen atoms in total. The quantitative estimate of drug-likeness (QED) is 0.475. The van der Waals surface area contributed by atoms with Crippen molar-refractivity contribution in [2.45, 2.75) is 12.3 Å². The standard InChI is InChI=1S/C15H13BrFI/c16-10-13(12-2-1-3-14(17)9-12)8-11-4-6-15(18)7-5-11/h1-7,9,13H,8,10H2. The zero-order valence-corrected chi connectivity index (χ0v) is 13.5. The Morgan fingerprint density at radius 3 is 2.44 bits per heavy atom. The lowest BCUT2D eigenvalue weighted by molar-refractivity contribution is 0.621. The zero-order valence-electron chi connectivity index (χ0n) is 9.74. The highest BCUT2D eigenvalue weighted by atomic mass is 127. The number of alkyl halides is 1. The lowest BCUT2D eigenvalue weighted by Crippen LogP contribution is -2.04. The van der Waals surface area contributed by atoms with E-state index in [2.05, 4.69) is 62.8 Å². The first-order valence-electron chi connectivity index (χ1n) is 5.75. The van der Waals surface area contributed by atoms with Crippen LogP contribution in [0.3, 0.4) is 0 Å². The van der Waals surface area contributed by atoms with Crippen LogP contribution in [0.5, 0.6) is 0 Å². The highest BCUT2D eigenvalue weighted by Crippen LogP contribution is 2.24. The molecule has 2 aromatic carbocycles. The van der Waals surface area contributed by atoms with Gasteiger partial charge in [0.2, 0.25) is 0 Å². The molecule has 0 saturated carbocycles. The molecule has 0 bridgehead atoms. The summed E-state index contributed by atoms with van der Waals surface area (Å²) in [5.41, 5.74) is 2.33. The minimum absolute atomic E-state index is 0.166. The van der Waals surface area contributed by atoms with Gasteiger partial charge in [-0.3, -0.25) is 0 Å². The highest BCUT2D eigenvalue weighted by molar-refractivity contribution is 14.1. The molecule has 0 heterocycles. The third-order valence-electron chi connectivity index (χ3n) is 2.90. The van der Waals surface area contributed by atoms with Gasteiger partial charge >= 0.3 is 0 Å². The molecule has 0 aliphatic heterocycles. The van der Waals surface area contributed by atoms with E-state index >= 15 is 0 Å². The van der Waals surface area contributed by atoms with Gasteiger partial charge in [-0.25, -0.2) is 4.39 Å². The number of rotatable bonds is 4. The molecule has 0 amide bonds. The number of hydrogen-bond donors (Lipinski definition) is 0. The number of hydrogen-bond acceptors (Lipinski definition) is 0. The van der Waals surface area contributed by atoms with Gasteiger partial charge in [-0.2, -0.15) is 0 Å². The first kappa shape index (κ1) is 14.0. The molecule has 0 aliphatic carbocycles. The Bertz CT molecular complexity index is 510. The maximum absolute atomic E-state index is 13.2. The fraction of sp³-hybridized carbons (Fsp3) is 0.200. The lowest BCUT2D eigenvalue weighted by atomic mass is 9.94. The molecule has 94 valence electrons. The summed E-state index contributed by atoms with van der Waals surface area (Å²) < 4.78 is 14.5. The fourth-order valence-corrected chi connectivity index (χ4v) is 2.89. The molecule has 2 aromatic rings. The van der Waals surface area contributed by atoms with E-state index in [-0.39, 0.29) is 5.82 Å². The molecule has 1 atom stereocenters. The van der Waals surface area contributed by atoms with Crippen LogP contribution in [0.15, 0.2) is 48.5 Å². The topological polar surface area (TPSA) is 0 Å². The Kier molecular flexibility index (Phi) is 5.18. The summed E-state index contributed by atoms with van der Waals surface area (Å²) in [6, 6.07) is 15.3. The molecule has 0 radical (unpaired) electrons. The third kappa shape index (κ3) is 3.79. The Morgan fingerprint density at radius 1 is 1.11 bits per heavy atom. The Balaban J connectivity index is 2.17. The Hall–Kier alpha value is -0.420. The first-order chi connectivity index (χ1) is 8.69. The molecule has 1 unspecified atom stereocenters. The summed E-state index contributed by atoms with van der Waals surface area (Å²) in [5, 5.41) is 0.836. The second-order valence-corrected chi connectivity index (χ2v) is 6.13. The second-order valence-electron chi connectivity index (χ2n) is 4.24. The zero-order chi connectivity index (χ0) is 13.0. The largest absolute Gasteiger partial charge is 0.207 e. The van der Waals surface area contributed by atoms with E-state index in [0.29, 0.717) is 5.92 Å². The van der Waals surface area contributed by atoms with Gasteiger partial charge in [0.25, 0.3) is 0 Å². The van der Waals surface area contributed by atoms with Crippen molar-refractivity contribution in [3.63, 3.8) is 0 Å². The van der Waals surface area contributed by atoms with E-state index in [4.69, 9.17) is 0 Å². The van der Waals surface area contributed by atoms with Gasteiger partial charge in [0.1, 0.15) is 5.82 Å². The van der Waals surface area contributed by atoms with Crippen molar-refractivity contribution in [1.82, 2.24) is 0 Å². The van der Waals surface area contributed by atoms with Crippen LogP contribution >= 0.6 is 38.5 Å². The highest BCUT2D eigenvalue weighted by Gasteiger charge is 2.11. The molecular weight excluding hydrogens is 406 g/mol. The molecule has 0 spiro atoms. The SMILES string of the molecule is Fc1cccc(C(CBr)Cc2ccc(I)cc2)c1. The van der Waals surface area contributed by atoms with Gasteiger partial charge in [0, 0.05) is 8.90 Å². The number of halogens is 3. The maximum atomic E-state index is 13.2. The van der Waals surface area contributed by atoms with E-state index in [1.165, 1.54) is 15.2 Å². The van der Waals surface area contributed by atoms with Crippen molar-refractivity contribution in [2.24, 2.45) is 0 Å². The minimum atomic E-state index is -0.166. The maximum Gasteiger partial charge on any atom is 0.123 e. The molecule has 0 aromatic heterocycles. The van der Waals surface area contributed by atoms with Crippen LogP contribution < -0.4 is 0 Å². The van der Waals surface area contributed by atoms with Crippen LogP contribution in [0.2, 0.25) is 0 Å². The van der Waals surface area contributed by atoms with E-state index in [1.807, 2.05) is 6.07 Å². The molecular formula is C15H13BrFI. The lowest BCUT2D eigenvalue weighted by Gasteiger charge is -2.14. The van der Waals surface area contributed by atoms with Gasteiger partial charge in [-0.15, -0.1) is 0 Å². The van der Waals surface area contributed by atoms with Crippen LogP contribution in [0.1, 0.15) is 17.0 Å². The van der Waals surface area contributed by atoms with Crippen molar-refractivity contribution in [3.8, 4) is 0 Å². The number of benzene rings is 2. The predicted molar refractivity (Wildman–Crippen MR) is 85.8 cm³/mol. The smallest absolute Gasteiger partial charge is 0.123 e. The second kappa shape index (κ2) is 6.66. The molecule has 3 heteroatoms. The molecule has 0 fully saturated rings. The van der Waals surface area contributed by atoms with E-state index < -0.39 is 0 Å². The van der Waals surface area contributed by atoms with Crippen molar-refractivity contribution in [3.05, 3.63) is 69.0 Å². The van der Waals surface area contributed by atoms with E-state index in [0.717, 1.165) is 17.3 Å². The molecule has 0 aliphatic rings. The van der Waals surface area contributed by atoms with Crippen molar-refractivity contribution in [2.75, 3.05) is 5.33 Å². The summed E-state index contributed by atoms with van der Waals surface area (Å²) in [5.74, 6) is 0.141. The minimum Gasteiger partial charge on any atom is -0.207 e. The van der Waals surface area contributed by atoms with Gasteiger partial charge in [0.15, 0.2) is 0 Å². The molecule has 2 rings (SSSR count). The normalized spacial score (nSPS) is 12.4. The monoisotopic (exact) mass is 418 g/mol.